The topological polar surface area (TPSA) is 87.3 Å². The number of aryl methyl sites for hydroxylation is 1. The Labute approximate surface area is 154 Å². The van der Waals surface area contributed by atoms with Gasteiger partial charge in [-0.1, -0.05) is 40.9 Å². The van der Waals surface area contributed by atoms with E-state index in [0.717, 1.165) is 5.56 Å². The van der Waals surface area contributed by atoms with E-state index in [4.69, 9.17) is 23.2 Å². The van der Waals surface area contributed by atoms with Crippen molar-refractivity contribution in [2.45, 2.75) is 6.92 Å². The summed E-state index contributed by atoms with van der Waals surface area (Å²) in [6.45, 7) is 1.59. The van der Waals surface area contributed by atoms with E-state index < -0.39 is 17.7 Å². The largest absolute Gasteiger partial charge is 0.343 e. The Morgan fingerprint density at radius 3 is 2.12 bits per heavy atom. The zero-order valence-corrected chi connectivity index (χ0v) is 14.7. The van der Waals surface area contributed by atoms with Crippen LogP contribution in [0.3, 0.4) is 0 Å². The first-order valence-electron chi connectivity index (χ1n) is 7.26. The number of hydrogen-bond donors (Lipinski definition) is 3. The third-order valence-corrected chi connectivity index (χ3v) is 3.96. The molecule has 0 atom stereocenters. The summed E-state index contributed by atoms with van der Waals surface area (Å²) < 4.78 is 0. The second kappa shape index (κ2) is 8.50. The molecule has 0 heterocycles. The zero-order valence-electron chi connectivity index (χ0n) is 13.2. The molecule has 0 aromatic heterocycles. The average Bonchev–Trinajstić information content (AvgIpc) is 2.60. The Hall–Kier alpha value is -2.57. The van der Waals surface area contributed by atoms with Crippen LogP contribution in [0, 0.1) is 6.92 Å². The first-order valence-corrected chi connectivity index (χ1v) is 8.01. The minimum absolute atomic E-state index is 0.240. The van der Waals surface area contributed by atoms with Crippen molar-refractivity contribution in [1.29, 1.82) is 0 Å². The van der Waals surface area contributed by atoms with Crippen LogP contribution in [0.25, 0.3) is 0 Å². The quantitative estimate of drug-likeness (QED) is 0.713. The molecule has 3 N–H and O–H groups in total. The van der Waals surface area contributed by atoms with E-state index in [1.165, 1.54) is 18.2 Å². The Balaban J connectivity index is 1.80. The molecule has 0 spiro atoms. The van der Waals surface area contributed by atoms with Gasteiger partial charge < -0.3 is 5.32 Å². The van der Waals surface area contributed by atoms with Crippen LogP contribution in [0.15, 0.2) is 42.5 Å². The van der Waals surface area contributed by atoms with E-state index in [1.54, 1.807) is 24.3 Å². The smallest absolute Gasteiger partial charge is 0.269 e. The molecular formula is C17H15Cl2N3O3. The number of rotatable bonds is 4. The van der Waals surface area contributed by atoms with E-state index in [1.807, 2.05) is 6.92 Å². The van der Waals surface area contributed by atoms with Gasteiger partial charge in [0.2, 0.25) is 0 Å². The molecule has 0 aliphatic heterocycles. The number of nitrogens with one attached hydrogen (secondary N) is 3. The fraction of sp³-hybridized carbons (Fsp3) is 0.118. The van der Waals surface area contributed by atoms with Crippen molar-refractivity contribution in [2.24, 2.45) is 0 Å². The number of benzene rings is 2. The van der Waals surface area contributed by atoms with E-state index in [-0.39, 0.29) is 17.1 Å². The predicted molar refractivity (Wildman–Crippen MR) is 95.6 cm³/mol. The Morgan fingerprint density at radius 1 is 0.840 bits per heavy atom. The van der Waals surface area contributed by atoms with Crippen molar-refractivity contribution in [3.05, 3.63) is 69.2 Å². The number of amides is 3. The van der Waals surface area contributed by atoms with Crippen LogP contribution in [0.4, 0.5) is 0 Å². The van der Waals surface area contributed by atoms with Gasteiger partial charge in [0.25, 0.3) is 17.7 Å². The molecule has 2 rings (SSSR count). The molecule has 2 aromatic rings. The fourth-order valence-corrected chi connectivity index (χ4v) is 2.15. The molecule has 0 aliphatic rings. The van der Waals surface area contributed by atoms with Crippen molar-refractivity contribution >= 4 is 40.9 Å². The second-order valence-corrected chi connectivity index (χ2v) is 5.99. The number of halogens is 2. The molecule has 6 nitrogen and oxygen atoms in total. The molecule has 3 amide bonds. The maximum absolute atomic E-state index is 11.9. The summed E-state index contributed by atoms with van der Waals surface area (Å²) in [6.07, 6.45) is 0. The summed E-state index contributed by atoms with van der Waals surface area (Å²) in [7, 11) is 0. The lowest BCUT2D eigenvalue weighted by molar-refractivity contribution is -0.120. The molecule has 0 aliphatic carbocycles. The van der Waals surface area contributed by atoms with Crippen LogP contribution in [-0.4, -0.2) is 24.3 Å². The summed E-state index contributed by atoms with van der Waals surface area (Å²) in [5, 5.41) is 2.98. The van der Waals surface area contributed by atoms with Crippen molar-refractivity contribution in [3.8, 4) is 0 Å². The Morgan fingerprint density at radius 2 is 1.48 bits per heavy atom. The lowest BCUT2D eigenvalue weighted by atomic mass is 10.1. The van der Waals surface area contributed by atoms with Gasteiger partial charge in [0.15, 0.2) is 0 Å². The van der Waals surface area contributed by atoms with Crippen molar-refractivity contribution in [1.82, 2.24) is 16.2 Å². The Bertz CT molecular complexity index is 807. The van der Waals surface area contributed by atoms with Crippen LogP contribution >= 0.6 is 23.2 Å². The highest BCUT2D eigenvalue weighted by Gasteiger charge is 2.11. The van der Waals surface area contributed by atoms with Gasteiger partial charge in [-0.15, -0.1) is 0 Å². The van der Waals surface area contributed by atoms with Gasteiger partial charge in [0, 0.05) is 11.1 Å². The third-order valence-electron chi connectivity index (χ3n) is 3.22. The van der Waals surface area contributed by atoms with Crippen LogP contribution in [0.1, 0.15) is 26.3 Å². The van der Waals surface area contributed by atoms with Gasteiger partial charge >= 0.3 is 0 Å². The molecule has 0 bridgehead atoms. The standard InChI is InChI=1S/C17H15Cl2N3O3/c1-10-2-4-11(5-3-10)17(25)22-21-15(23)9-20-16(24)12-6-7-13(18)14(19)8-12/h2-8H,9H2,1H3,(H,20,24)(H,21,23)(H,22,25). The first-order chi connectivity index (χ1) is 11.9. The molecule has 0 fully saturated rings. The average molecular weight is 380 g/mol. The molecule has 2 aromatic carbocycles. The van der Waals surface area contributed by atoms with Crippen LogP contribution in [0.5, 0.6) is 0 Å². The normalized spacial score (nSPS) is 10.0. The number of hydrazine groups is 1. The minimum atomic E-state index is -0.575. The molecular weight excluding hydrogens is 365 g/mol. The van der Waals surface area contributed by atoms with Crippen molar-refractivity contribution in [3.63, 3.8) is 0 Å². The van der Waals surface area contributed by atoms with E-state index >= 15 is 0 Å². The third kappa shape index (κ3) is 5.48. The van der Waals surface area contributed by atoms with Gasteiger partial charge in [0.1, 0.15) is 0 Å². The maximum atomic E-state index is 11.9. The van der Waals surface area contributed by atoms with Crippen molar-refractivity contribution in [2.75, 3.05) is 6.54 Å². The monoisotopic (exact) mass is 379 g/mol. The van der Waals surface area contributed by atoms with Gasteiger partial charge in [-0.05, 0) is 37.3 Å². The van der Waals surface area contributed by atoms with Crippen LogP contribution in [-0.2, 0) is 4.79 Å². The highest BCUT2D eigenvalue weighted by molar-refractivity contribution is 6.42. The van der Waals surface area contributed by atoms with E-state index in [2.05, 4.69) is 16.2 Å². The lowest BCUT2D eigenvalue weighted by Crippen LogP contribution is -2.46. The summed E-state index contributed by atoms with van der Waals surface area (Å²) in [5.74, 6) is -1.52. The van der Waals surface area contributed by atoms with Gasteiger partial charge in [0.05, 0.1) is 16.6 Å². The molecule has 0 unspecified atom stereocenters. The number of carbonyl (C=O) groups excluding carboxylic acids is 3. The van der Waals surface area contributed by atoms with Gasteiger partial charge in [-0.2, -0.15) is 0 Å². The molecule has 0 saturated carbocycles. The Kier molecular flexibility index (Phi) is 6.38. The van der Waals surface area contributed by atoms with Crippen LogP contribution < -0.4 is 16.2 Å². The predicted octanol–water partition coefficient (Wildman–Crippen LogP) is 2.49. The maximum Gasteiger partial charge on any atom is 0.269 e. The first kappa shape index (κ1) is 18.8. The summed E-state index contributed by atoms with van der Waals surface area (Å²) in [6, 6.07) is 11.2. The highest BCUT2D eigenvalue weighted by Crippen LogP contribution is 2.22. The second-order valence-electron chi connectivity index (χ2n) is 5.18. The molecule has 0 saturated heterocycles. The van der Waals surface area contributed by atoms with Gasteiger partial charge in [-0.25, -0.2) is 0 Å². The lowest BCUT2D eigenvalue weighted by Gasteiger charge is -2.09. The zero-order chi connectivity index (χ0) is 18.4. The summed E-state index contributed by atoms with van der Waals surface area (Å²) >= 11 is 11.6. The molecule has 130 valence electrons. The van der Waals surface area contributed by atoms with E-state index in [9.17, 15) is 14.4 Å². The molecule has 0 radical (unpaired) electrons. The summed E-state index contributed by atoms with van der Waals surface area (Å²) in [4.78, 5) is 35.5. The molecule has 25 heavy (non-hydrogen) atoms. The minimum Gasteiger partial charge on any atom is -0.343 e. The number of carbonyl (C=O) groups is 3. The SMILES string of the molecule is Cc1ccc(C(=O)NNC(=O)CNC(=O)c2ccc(Cl)c(Cl)c2)cc1. The highest BCUT2D eigenvalue weighted by atomic mass is 35.5. The number of hydrogen-bond acceptors (Lipinski definition) is 3. The van der Waals surface area contributed by atoms with Crippen molar-refractivity contribution < 1.29 is 14.4 Å². The fourth-order valence-electron chi connectivity index (χ4n) is 1.85. The molecule has 8 heteroatoms. The van der Waals surface area contributed by atoms with Crippen LogP contribution in [0.2, 0.25) is 10.0 Å². The van der Waals surface area contributed by atoms with Gasteiger partial charge in [-0.3, -0.25) is 25.2 Å². The van der Waals surface area contributed by atoms with E-state index in [0.29, 0.717) is 10.6 Å². The summed E-state index contributed by atoms with van der Waals surface area (Å²) in [5.41, 5.74) is 6.19.